The first kappa shape index (κ1) is 23.5. The van der Waals surface area contributed by atoms with Gasteiger partial charge in [-0.1, -0.05) is 65.8 Å². The van der Waals surface area contributed by atoms with Crippen LogP contribution in [0.4, 0.5) is 0 Å². The zero-order chi connectivity index (χ0) is 22.7. The number of carbonyl (C=O) groups excluding carboxylic acids is 2. The largest absolute Gasteiger partial charge is 0.476 e. The lowest BCUT2D eigenvalue weighted by molar-refractivity contribution is -0.125. The first-order valence-corrected chi connectivity index (χ1v) is 10.4. The number of primary amides is 2. The second-order valence-corrected chi connectivity index (χ2v) is 9.08. The standard InChI is InChI=1S/C25H34N2O3/c1-7-24(3,4)18-12-13-20(19(15-18)25(5,6)8-2)30-21(23(27)29)16-10-9-11-17(14-16)22(26)28/h9-15,21H,7-8H2,1-6H3,(H2,26,28)(H2,27,29). The monoisotopic (exact) mass is 410 g/mol. The van der Waals surface area contributed by atoms with E-state index < -0.39 is 17.9 Å². The maximum Gasteiger partial charge on any atom is 0.263 e. The minimum atomic E-state index is -1.03. The minimum Gasteiger partial charge on any atom is -0.476 e. The van der Waals surface area contributed by atoms with Gasteiger partial charge in [0.2, 0.25) is 12.0 Å². The van der Waals surface area contributed by atoms with E-state index in [0.29, 0.717) is 16.9 Å². The molecule has 1 unspecified atom stereocenters. The maximum absolute atomic E-state index is 12.3. The number of amides is 2. The van der Waals surface area contributed by atoms with Crippen LogP contribution >= 0.6 is 0 Å². The Balaban J connectivity index is 2.57. The molecule has 0 heterocycles. The summed E-state index contributed by atoms with van der Waals surface area (Å²) in [6.45, 7) is 13.0. The van der Waals surface area contributed by atoms with Crippen molar-refractivity contribution in [2.75, 3.05) is 0 Å². The summed E-state index contributed by atoms with van der Waals surface area (Å²) in [4.78, 5) is 23.8. The fourth-order valence-electron chi connectivity index (χ4n) is 3.25. The average Bonchev–Trinajstić information content (AvgIpc) is 2.71. The van der Waals surface area contributed by atoms with Crippen LogP contribution in [-0.2, 0) is 15.6 Å². The van der Waals surface area contributed by atoms with Gasteiger partial charge in [-0.3, -0.25) is 9.59 Å². The third-order valence-electron chi connectivity index (χ3n) is 6.24. The van der Waals surface area contributed by atoms with Gasteiger partial charge >= 0.3 is 0 Å². The Labute approximate surface area is 179 Å². The van der Waals surface area contributed by atoms with Crippen molar-refractivity contribution in [2.24, 2.45) is 11.5 Å². The van der Waals surface area contributed by atoms with Crippen LogP contribution in [0.5, 0.6) is 5.75 Å². The third kappa shape index (κ3) is 5.02. The Bertz CT molecular complexity index is 932. The van der Waals surface area contributed by atoms with Gasteiger partial charge in [0.15, 0.2) is 0 Å². The highest BCUT2D eigenvalue weighted by atomic mass is 16.5. The van der Waals surface area contributed by atoms with E-state index in [2.05, 4.69) is 47.6 Å². The lowest BCUT2D eigenvalue weighted by Crippen LogP contribution is -2.28. The van der Waals surface area contributed by atoms with E-state index in [-0.39, 0.29) is 10.8 Å². The number of carbonyl (C=O) groups is 2. The van der Waals surface area contributed by atoms with Crippen LogP contribution in [0.1, 0.15) is 87.5 Å². The Morgan fingerprint density at radius 3 is 2.10 bits per heavy atom. The molecule has 2 amide bonds. The van der Waals surface area contributed by atoms with E-state index in [1.54, 1.807) is 24.3 Å². The van der Waals surface area contributed by atoms with E-state index in [4.69, 9.17) is 16.2 Å². The molecule has 0 aliphatic rings. The molecule has 2 aromatic rings. The molecular weight excluding hydrogens is 376 g/mol. The molecule has 0 saturated carbocycles. The Morgan fingerprint density at radius 1 is 0.933 bits per heavy atom. The summed E-state index contributed by atoms with van der Waals surface area (Å²) in [6, 6.07) is 12.7. The van der Waals surface area contributed by atoms with E-state index in [1.165, 1.54) is 5.56 Å². The van der Waals surface area contributed by atoms with Gasteiger partial charge in [-0.2, -0.15) is 0 Å². The van der Waals surface area contributed by atoms with E-state index >= 15 is 0 Å². The molecule has 0 fully saturated rings. The van der Waals surface area contributed by atoms with Gasteiger partial charge in [-0.05, 0) is 47.4 Å². The second-order valence-electron chi connectivity index (χ2n) is 9.08. The molecule has 0 spiro atoms. The smallest absolute Gasteiger partial charge is 0.263 e. The molecule has 0 bridgehead atoms. The number of hydrogen-bond acceptors (Lipinski definition) is 3. The molecule has 5 heteroatoms. The van der Waals surface area contributed by atoms with Crippen LogP contribution in [0.25, 0.3) is 0 Å². The maximum atomic E-state index is 12.3. The Morgan fingerprint density at radius 2 is 1.57 bits per heavy atom. The first-order valence-electron chi connectivity index (χ1n) is 10.4. The predicted octanol–water partition coefficient (Wildman–Crippen LogP) is 4.77. The molecule has 0 aromatic heterocycles. The van der Waals surface area contributed by atoms with Gasteiger partial charge < -0.3 is 16.2 Å². The van der Waals surface area contributed by atoms with Crippen LogP contribution in [-0.4, -0.2) is 11.8 Å². The van der Waals surface area contributed by atoms with Crippen molar-refractivity contribution in [3.8, 4) is 5.75 Å². The Kier molecular flexibility index (Phi) is 6.96. The Hall–Kier alpha value is -2.82. The van der Waals surface area contributed by atoms with Crippen molar-refractivity contribution in [1.29, 1.82) is 0 Å². The number of nitrogens with two attached hydrogens (primary N) is 2. The molecule has 0 radical (unpaired) electrons. The number of hydrogen-bond donors (Lipinski definition) is 2. The van der Waals surface area contributed by atoms with Crippen LogP contribution in [0, 0.1) is 0 Å². The van der Waals surface area contributed by atoms with Gasteiger partial charge in [0.05, 0.1) is 0 Å². The van der Waals surface area contributed by atoms with E-state index in [1.807, 2.05) is 12.1 Å². The number of rotatable bonds is 9. The lowest BCUT2D eigenvalue weighted by atomic mass is 9.76. The molecule has 2 rings (SSSR count). The van der Waals surface area contributed by atoms with Gasteiger partial charge in [0.25, 0.3) is 5.91 Å². The zero-order valence-corrected chi connectivity index (χ0v) is 18.9. The summed E-state index contributed by atoms with van der Waals surface area (Å²) in [6.07, 6.45) is 0.876. The topological polar surface area (TPSA) is 95.4 Å². The van der Waals surface area contributed by atoms with Crippen LogP contribution in [0.2, 0.25) is 0 Å². The molecule has 1 atom stereocenters. The molecular formula is C25H34N2O3. The van der Waals surface area contributed by atoms with Gasteiger partial charge in [-0.15, -0.1) is 0 Å². The third-order valence-corrected chi connectivity index (χ3v) is 6.24. The fraction of sp³-hybridized carbons (Fsp3) is 0.440. The van der Waals surface area contributed by atoms with E-state index in [9.17, 15) is 9.59 Å². The molecule has 2 aromatic carbocycles. The molecule has 162 valence electrons. The van der Waals surface area contributed by atoms with Crippen molar-refractivity contribution in [3.05, 3.63) is 64.7 Å². The van der Waals surface area contributed by atoms with Crippen LogP contribution in [0.15, 0.2) is 42.5 Å². The number of ether oxygens (including phenoxy) is 1. The molecule has 0 saturated heterocycles. The van der Waals surface area contributed by atoms with Crippen LogP contribution < -0.4 is 16.2 Å². The van der Waals surface area contributed by atoms with Crippen molar-refractivity contribution >= 4 is 11.8 Å². The van der Waals surface area contributed by atoms with Crippen molar-refractivity contribution in [3.63, 3.8) is 0 Å². The predicted molar refractivity (Wildman–Crippen MR) is 121 cm³/mol. The highest BCUT2D eigenvalue weighted by molar-refractivity contribution is 5.93. The quantitative estimate of drug-likeness (QED) is 0.623. The fourth-order valence-corrected chi connectivity index (χ4v) is 3.25. The van der Waals surface area contributed by atoms with Crippen molar-refractivity contribution < 1.29 is 14.3 Å². The first-order chi connectivity index (χ1) is 13.9. The molecule has 0 aliphatic carbocycles. The SMILES string of the molecule is CCC(C)(C)c1ccc(OC(C(N)=O)c2cccc(C(N)=O)c2)c(C(C)(C)CC)c1. The summed E-state index contributed by atoms with van der Waals surface area (Å²) < 4.78 is 6.19. The van der Waals surface area contributed by atoms with Gasteiger partial charge in [-0.25, -0.2) is 0 Å². The van der Waals surface area contributed by atoms with Crippen molar-refractivity contribution in [1.82, 2.24) is 0 Å². The van der Waals surface area contributed by atoms with Gasteiger partial charge in [0.1, 0.15) is 5.75 Å². The highest BCUT2D eigenvalue weighted by Crippen LogP contribution is 2.40. The second kappa shape index (κ2) is 8.90. The van der Waals surface area contributed by atoms with Gasteiger partial charge in [0, 0.05) is 16.7 Å². The van der Waals surface area contributed by atoms with Crippen LogP contribution in [0.3, 0.4) is 0 Å². The molecule has 4 N–H and O–H groups in total. The molecule has 5 nitrogen and oxygen atoms in total. The van der Waals surface area contributed by atoms with Crippen molar-refractivity contribution in [2.45, 2.75) is 71.3 Å². The summed E-state index contributed by atoms with van der Waals surface area (Å²) >= 11 is 0. The minimum absolute atomic E-state index is 0.0238. The van der Waals surface area contributed by atoms with E-state index in [0.717, 1.165) is 18.4 Å². The zero-order valence-electron chi connectivity index (χ0n) is 18.9. The highest BCUT2D eigenvalue weighted by Gasteiger charge is 2.29. The normalized spacial score (nSPS) is 13.0. The summed E-state index contributed by atoms with van der Waals surface area (Å²) in [5.74, 6) is -0.584. The summed E-state index contributed by atoms with van der Waals surface area (Å²) in [5, 5.41) is 0. The summed E-state index contributed by atoms with van der Waals surface area (Å²) in [5.41, 5.74) is 14.0. The lowest BCUT2D eigenvalue weighted by Gasteiger charge is -2.31. The molecule has 0 aliphatic heterocycles. The number of benzene rings is 2. The molecule has 30 heavy (non-hydrogen) atoms. The average molecular weight is 411 g/mol. The summed E-state index contributed by atoms with van der Waals surface area (Å²) in [7, 11) is 0.